The molecular weight excluding hydrogens is 466 g/mol. The SMILES string of the molecule is CC(C)(C)c1ccc(C(=O)c2ccc(S[S+](c3ccc(F)cc3)c3ccc(F)cc3)cc2)cc1. The maximum Gasteiger partial charge on any atom is 0.193 e. The van der Waals surface area contributed by atoms with Crippen molar-refractivity contribution < 1.29 is 13.6 Å². The Kier molecular flexibility index (Phi) is 7.24. The van der Waals surface area contributed by atoms with Crippen LogP contribution in [0.5, 0.6) is 0 Å². The molecule has 0 saturated heterocycles. The zero-order valence-corrected chi connectivity index (χ0v) is 20.9. The van der Waals surface area contributed by atoms with E-state index < -0.39 is 9.93 Å². The van der Waals surface area contributed by atoms with E-state index in [1.54, 1.807) is 35.1 Å². The van der Waals surface area contributed by atoms with Crippen LogP contribution in [0.3, 0.4) is 0 Å². The van der Waals surface area contributed by atoms with Crippen LogP contribution >= 0.6 is 10.8 Å². The van der Waals surface area contributed by atoms with Gasteiger partial charge in [-0.2, -0.15) is 0 Å². The van der Waals surface area contributed by atoms with Gasteiger partial charge in [0.15, 0.2) is 15.6 Å². The Labute approximate surface area is 206 Å². The summed E-state index contributed by atoms with van der Waals surface area (Å²) in [6.07, 6.45) is 0. The number of rotatable bonds is 6. The zero-order chi connectivity index (χ0) is 24.3. The molecule has 0 aliphatic carbocycles. The van der Waals surface area contributed by atoms with Crippen molar-refractivity contribution in [3.05, 3.63) is 125 Å². The first-order valence-corrected chi connectivity index (χ1v) is 13.5. The van der Waals surface area contributed by atoms with Crippen LogP contribution in [0.25, 0.3) is 0 Å². The highest BCUT2D eigenvalue weighted by atomic mass is 33.1. The maximum absolute atomic E-state index is 13.5. The molecular formula is C29H25F2OS2+. The van der Waals surface area contributed by atoms with Gasteiger partial charge in [0, 0.05) is 11.1 Å². The number of halogens is 2. The van der Waals surface area contributed by atoms with E-state index in [-0.39, 0.29) is 22.8 Å². The molecule has 5 heteroatoms. The molecule has 0 saturated carbocycles. The fraction of sp³-hybridized carbons (Fsp3) is 0.138. The Hall–Kier alpha value is -2.89. The van der Waals surface area contributed by atoms with Crippen LogP contribution < -0.4 is 0 Å². The van der Waals surface area contributed by atoms with Crippen LogP contribution in [0.1, 0.15) is 42.3 Å². The van der Waals surface area contributed by atoms with Gasteiger partial charge in [0.25, 0.3) is 0 Å². The summed E-state index contributed by atoms with van der Waals surface area (Å²) < 4.78 is 27.0. The van der Waals surface area contributed by atoms with Crippen LogP contribution in [0.15, 0.2) is 112 Å². The van der Waals surface area contributed by atoms with Gasteiger partial charge < -0.3 is 0 Å². The minimum absolute atomic E-state index is 0.0203. The van der Waals surface area contributed by atoms with Crippen molar-refractivity contribution in [3.8, 4) is 0 Å². The topological polar surface area (TPSA) is 17.1 Å². The third-order valence-corrected chi connectivity index (χ3v) is 9.63. The van der Waals surface area contributed by atoms with Crippen LogP contribution in [-0.4, -0.2) is 5.78 Å². The van der Waals surface area contributed by atoms with Gasteiger partial charge >= 0.3 is 0 Å². The minimum atomic E-state index is -0.485. The second kappa shape index (κ2) is 10.2. The molecule has 4 aromatic carbocycles. The van der Waals surface area contributed by atoms with Gasteiger partial charge in [-0.15, -0.1) is 0 Å². The zero-order valence-electron chi connectivity index (χ0n) is 19.2. The minimum Gasteiger partial charge on any atom is -0.289 e. The number of benzene rings is 4. The summed E-state index contributed by atoms with van der Waals surface area (Å²) in [5.41, 5.74) is 2.50. The van der Waals surface area contributed by atoms with Crippen LogP contribution in [0.2, 0.25) is 0 Å². The normalized spacial score (nSPS) is 11.6. The third-order valence-electron chi connectivity index (χ3n) is 5.36. The first-order valence-electron chi connectivity index (χ1n) is 10.9. The largest absolute Gasteiger partial charge is 0.289 e. The van der Waals surface area contributed by atoms with Crippen molar-refractivity contribution in [3.63, 3.8) is 0 Å². The molecule has 4 rings (SSSR count). The molecule has 0 atom stereocenters. The molecule has 0 heterocycles. The number of carbonyl (C=O) groups excluding carboxylic acids is 1. The first kappa shape index (κ1) is 24.2. The average Bonchev–Trinajstić information content (AvgIpc) is 2.83. The molecule has 0 spiro atoms. The number of hydrogen-bond donors (Lipinski definition) is 0. The molecule has 172 valence electrons. The highest BCUT2D eigenvalue weighted by Gasteiger charge is 2.29. The van der Waals surface area contributed by atoms with E-state index in [4.69, 9.17) is 0 Å². The Morgan fingerprint density at radius 3 is 1.47 bits per heavy atom. The maximum atomic E-state index is 13.5. The fourth-order valence-corrected chi connectivity index (χ4v) is 7.22. The predicted molar refractivity (Wildman–Crippen MR) is 138 cm³/mol. The van der Waals surface area contributed by atoms with Gasteiger partial charge in [-0.3, -0.25) is 4.79 Å². The van der Waals surface area contributed by atoms with Crippen molar-refractivity contribution in [2.24, 2.45) is 0 Å². The smallest absolute Gasteiger partial charge is 0.193 e. The van der Waals surface area contributed by atoms with Crippen LogP contribution in [0, 0.1) is 11.6 Å². The van der Waals surface area contributed by atoms with E-state index >= 15 is 0 Å². The Morgan fingerprint density at radius 2 is 1.06 bits per heavy atom. The number of ketones is 1. The summed E-state index contributed by atoms with van der Waals surface area (Å²) in [6.45, 7) is 6.43. The molecule has 0 aromatic heterocycles. The summed E-state index contributed by atoms with van der Waals surface area (Å²) in [7, 11) is 1.11. The second-order valence-electron chi connectivity index (χ2n) is 8.94. The Morgan fingerprint density at radius 1 is 0.647 bits per heavy atom. The number of carbonyl (C=O) groups is 1. The number of hydrogen-bond acceptors (Lipinski definition) is 2. The van der Waals surface area contributed by atoms with Crippen molar-refractivity contribution >= 4 is 26.5 Å². The van der Waals surface area contributed by atoms with E-state index in [1.807, 2.05) is 48.5 Å². The lowest BCUT2D eigenvalue weighted by Crippen LogP contribution is -2.11. The first-order chi connectivity index (χ1) is 16.2. The lowest BCUT2D eigenvalue weighted by Gasteiger charge is -2.19. The highest BCUT2D eigenvalue weighted by molar-refractivity contribution is 8.74. The summed E-state index contributed by atoms with van der Waals surface area (Å²) in [6, 6.07) is 28.1. The van der Waals surface area contributed by atoms with E-state index in [0.29, 0.717) is 11.1 Å². The van der Waals surface area contributed by atoms with Crippen molar-refractivity contribution in [1.82, 2.24) is 0 Å². The lowest BCUT2D eigenvalue weighted by molar-refractivity contribution is 0.103. The van der Waals surface area contributed by atoms with Gasteiger partial charge in [0.1, 0.15) is 32.4 Å². The van der Waals surface area contributed by atoms with E-state index in [0.717, 1.165) is 14.7 Å². The molecule has 1 nitrogen and oxygen atoms in total. The molecule has 0 bridgehead atoms. The fourth-order valence-electron chi connectivity index (χ4n) is 3.40. The third kappa shape index (κ3) is 5.78. The van der Waals surface area contributed by atoms with Crippen molar-refractivity contribution in [2.45, 2.75) is 40.9 Å². The van der Waals surface area contributed by atoms with Gasteiger partial charge in [-0.1, -0.05) is 45.0 Å². The molecule has 0 amide bonds. The van der Waals surface area contributed by atoms with E-state index in [2.05, 4.69) is 20.8 Å². The second-order valence-corrected chi connectivity index (χ2v) is 12.6. The average molecular weight is 492 g/mol. The molecule has 0 N–H and O–H groups in total. The van der Waals surface area contributed by atoms with Gasteiger partial charge in [-0.25, -0.2) is 8.78 Å². The molecule has 34 heavy (non-hydrogen) atoms. The molecule has 0 aliphatic heterocycles. The van der Waals surface area contributed by atoms with E-state index in [1.165, 1.54) is 29.8 Å². The quantitative estimate of drug-likeness (QED) is 0.153. The molecule has 0 aliphatic rings. The highest BCUT2D eigenvalue weighted by Crippen LogP contribution is 2.39. The molecule has 0 unspecified atom stereocenters. The molecule has 0 radical (unpaired) electrons. The van der Waals surface area contributed by atoms with Gasteiger partial charge in [-0.05, 0) is 83.8 Å². The summed E-state index contributed by atoms with van der Waals surface area (Å²) in [5.74, 6) is -0.613. The predicted octanol–water partition coefficient (Wildman–Crippen LogP) is 8.24. The van der Waals surface area contributed by atoms with Crippen LogP contribution in [-0.2, 0) is 15.3 Å². The Balaban J connectivity index is 1.56. The Bertz CT molecular complexity index is 1210. The summed E-state index contributed by atoms with van der Waals surface area (Å²) >= 11 is 0. The van der Waals surface area contributed by atoms with E-state index in [9.17, 15) is 13.6 Å². The summed E-state index contributed by atoms with van der Waals surface area (Å²) in [4.78, 5) is 15.8. The van der Waals surface area contributed by atoms with Crippen molar-refractivity contribution in [1.29, 1.82) is 0 Å². The van der Waals surface area contributed by atoms with Gasteiger partial charge in [0.05, 0.1) is 4.90 Å². The molecule has 0 fully saturated rings. The van der Waals surface area contributed by atoms with Gasteiger partial charge in [0.2, 0.25) is 0 Å². The monoisotopic (exact) mass is 491 g/mol. The lowest BCUT2D eigenvalue weighted by atomic mass is 9.86. The summed E-state index contributed by atoms with van der Waals surface area (Å²) in [5, 5.41) is 0. The van der Waals surface area contributed by atoms with Crippen molar-refractivity contribution in [2.75, 3.05) is 0 Å². The van der Waals surface area contributed by atoms with Crippen LogP contribution in [0.4, 0.5) is 8.78 Å². The standard InChI is InChI=1S/C29H25F2OS2/c1-29(2,3)22-8-4-20(5-9-22)28(32)21-6-14-25(15-7-21)33-34(26-16-10-23(30)11-17-26)27-18-12-24(31)13-19-27/h4-19H,1-3H3/q+1. The molecule has 4 aromatic rings.